The van der Waals surface area contributed by atoms with Gasteiger partial charge < -0.3 is 5.32 Å². The van der Waals surface area contributed by atoms with Crippen LogP contribution in [0.1, 0.15) is 36.6 Å². The molecule has 2 unspecified atom stereocenters. The zero-order chi connectivity index (χ0) is 14.8. The van der Waals surface area contributed by atoms with Gasteiger partial charge >= 0.3 is 0 Å². The highest BCUT2D eigenvalue weighted by atomic mass is 35.5. The van der Waals surface area contributed by atoms with Crippen molar-refractivity contribution >= 4 is 23.4 Å². The van der Waals surface area contributed by atoms with Crippen LogP contribution in [0.5, 0.6) is 0 Å². The van der Waals surface area contributed by atoms with Crippen molar-refractivity contribution in [3.05, 3.63) is 64.4 Å². The molecular weight excluding hydrogens is 305 g/mol. The van der Waals surface area contributed by atoms with Gasteiger partial charge in [0.05, 0.1) is 0 Å². The fourth-order valence-electron chi connectivity index (χ4n) is 2.71. The second-order valence-electron chi connectivity index (χ2n) is 5.32. The highest BCUT2D eigenvalue weighted by molar-refractivity contribution is 7.99. The summed E-state index contributed by atoms with van der Waals surface area (Å²) in [6.07, 6.45) is 1.01. The molecule has 110 valence electrons. The summed E-state index contributed by atoms with van der Waals surface area (Å²) in [7, 11) is 0. The zero-order valence-corrected chi connectivity index (χ0v) is 13.3. The second-order valence-corrected chi connectivity index (χ2v) is 6.89. The Morgan fingerprint density at radius 2 is 2.14 bits per heavy atom. The van der Waals surface area contributed by atoms with E-state index in [9.17, 15) is 4.39 Å². The first kappa shape index (κ1) is 14.9. The smallest absolute Gasteiger partial charge is 0.123 e. The first-order chi connectivity index (χ1) is 10.1. The largest absolute Gasteiger partial charge is 0.303 e. The van der Waals surface area contributed by atoms with Crippen LogP contribution in [0.4, 0.5) is 4.39 Å². The van der Waals surface area contributed by atoms with Crippen LogP contribution in [0.25, 0.3) is 0 Å². The van der Waals surface area contributed by atoms with E-state index in [2.05, 4.69) is 18.3 Å². The molecule has 4 heteroatoms. The molecule has 3 rings (SSSR count). The molecule has 0 radical (unpaired) electrons. The molecular formula is C17H17ClFNS. The predicted molar refractivity (Wildman–Crippen MR) is 87.5 cm³/mol. The SMILES string of the molecule is CC(NC1CCSc2ccc(F)cc21)c1cccc(Cl)c1. The number of nitrogens with one attached hydrogen (secondary N) is 1. The van der Waals surface area contributed by atoms with Gasteiger partial charge in [-0.3, -0.25) is 0 Å². The Bertz CT molecular complexity index is 646. The Morgan fingerprint density at radius 1 is 1.29 bits per heavy atom. The summed E-state index contributed by atoms with van der Waals surface area (Å²) >= 11 is 7.85. The molecule has 1 aliphatic rings. The van der Waals surface area contributed by atoms with Crippen LogP contribution in [-0.4, -0.2) is 5.75 Å². The maximum Gasteiger partial charge on any atom is 0.123 e. The summed E-state index contributed by atoms with van der Waals surface area (Å²) < 4.78 is 13.5. The van der Waals surface area contributed by atoms with Crippen LogP contribution < -0.4 is 5.32 Å². The van der Waals surface area contributed by atoms with Crippen molar-refractivity contribution in [1.82, 2.24) is 5.32 Å². The predicted octanol–water partition coefficient (Wildman–Crippen LogP) is 5.37. The molecule has 2 aromatic carbocycles. The normalized spacial score (nSPS) is 19.1. The molecule has 0 aromatic heterocycles. The number of halogens is 2. The molecule has 0 fully saturated rings. The number of hydrogen-bond acceptors (Lipinski definition) is 2. The summed E-state index contributed by atoms with van der Waals surface area (Å²) in [5.74, 6) is 0.886. The lowest BCUT2D eigenvalue weighted by molar-refractivity contribution is 0.447. The number of fused-ring (bicyclic) bond motifs is 1. The van der Waals surface area contributed by atoms with E-state index in [0.717, 1.165) is 28.3 Å². The number of benzene rings is 2. The minimum Gasteiger partial charge on any atom is -0.303 e. The molecule has 0 bridgehead atoms. The van der Waals surface area contributed by atoms with Gasteiger partial charge in [-0.1, -0.05) is 23.7 Å². The third kappa shape index (κ3) is 3.42. The lowest BCUT2D eigenvalue weighted by atomic mass is 10.0. The quantitative estimate of drug-likeness (QED) is 0.816. The van der Waals surface area contributed by atoms with Crippen molar-refractivity contribution in [1.29, 1.82) is 0 Å². The van der Waals surface area contributed by atoms with Crippen LogP contribution in [0.15, 0.2) is 47.4 Å². The number of hydrogen-bond donors (Lipinski definition) is 1. The standard InChI is InChI=1S/C17H17ClFNS/c1-11(12-3-2-4-13(18)9-12)20-16-7-8-21-17-6-5-14(19)10-15(16)17/h2-6,9-11,16,20H,7-8H2,1H3. The molecule has 1 heterocycles. The molecule has 0 saturated heterocycles. The first-order valence-corrected chi connectivity index (χ1v) is 8.43. The Morgan fingerprint density at radius 3 is 2.95 bits per heavy atom. The molecule has 0 saturated carbocycles. The second kappa shape index (κ2) is 6.39. The average Bonchev–Trinajstić information content (AvgIpc) is 2.48. The third-order valence-corrected chi connectivity index (χ3v) is 5.17. The molecule has 1 N–H and O–H groups in total. The topological polar surface area (TPSA) is 12.0 Å². The van der Waals surface area contributed by atoms with Crippen LogP contribution in [0.3, 0.4) is 0 Å². The summed E-state index contributed by atoms with van der Waals surface area (Å²) in [5.41, 5.74) is 2.22. The molecule has 0 spiro atoms. The van der Waals surface area contributed by atoms with Gasteiger partial charge in [0.1, 0.15) is 5.82 Å². The summed E-state index contributed by atoms with van der Waals surface area (Å²) in [6.45, 7) is 2.12. The van der Waals surface area contributed by atoms with E-state index in [4.69, 9.17) is 11.6 Å². The Kier molecular flexibility index (Phi) is 4.53. The van der Waals surface area contributed by atoms with E-state index in [-0.39, 0.29) is 17.9 Å². The minimum absolute atomic E-state index is 0.168. The van der Waals surface area contributed by atoms with E-state index < -0.39 is 0 Å². The van der Waals surface area contributed by atoms with E-state index in [0.29, 0.717) is 0 Å². The minimum atomic E-state index is -0.168. The average molecular weight is 322 g/mol. The van der Waals surface area contributed by atoms with Gasteiger partial charge in [-0.05, 0) is 60.6 Å². The molecule has 0 aliphatic carbocycles. The highest BCUT2D eigenvalue weighted by Crippen LogP contribution is 2.37. The van der Waals surface area contributed by atoms with Gasteiger partial charge in [0.25, 0.3) is 0 Å². The maximum absolute atomic E-state index is 13.5. The van der Waals surface area contributed by atoms with Crippen LogP contribution in [0, 0.1) is 5.82 Å². The molecule has 2 atom stereocenters. The van der Waals surface area contributed by atoms with Crippen LogP contribution in [0.2, 0.25) is 5.02 Å². The van der Waals surface area contributed by atoms with Gasteiger partial charge in [0.15, 0.2) is 0 Å². The van der Waals surface area contributed by atoms with Crippen LogP contribution >= 0.6 is 23.4 Å². The van der Waals surface area contributed by atoms with Crippen molar-refractivity contribution in [3.8, 4) is 0 Å². The van der Waals surface area contributed by atoms with Crippen molar-refractivity contribution in [2.75, 3.05) is 5.75 Å². The molecule has 21 heavy (non-hydrogen) atoms. The van der Waals surface area contributed by atoms with Gasteiger partial charge in [-0.2, -0.15) is 0 Å². The Labute approximate surface area is 133 Å². The fraction of sp³-hybridized carbons (Fsp3) is 0.294. The lowest BCUT2D eigenvalue weighted by Crippen LogP contribution is -2.27. The van der Waals surface area contributed by atoms with E-state index in [1.54, 1.807) is 17.8 Å². The summed E-state index contributed by atoms with van der Waals surface area (Å²) in [6, 6.07) is 13.3. The van der Waals surface area contributed by atoms with Crippen molar-refractivity contribution < 1.29 is 4.39 Å². The molecule has 1 nitrogen and oxygen atoms in total. The third-order valence-electron chi connectivity index (χ3n) is 3.81. The first-order valence-electron chi connectivity index (χ1n) is 7.07. The lowest BCUT2D eigenvalue weighted by Gasteiger charge is -2.29. The van der Waals surface area contributed by atoms with E-state index in [1.807, 2.05) is 24.3 Å². The number of rotatable bonds is 3. The van der Waals surface area contributed by atoms with Crippen molar-refractivity contribution in [3.63, 3.8) is 0 Å². The van der Waals surface area contributed by atoms with Crippen molar-refractivity contribution in [2.24, 2.45) is 0 Å². The molecule has 1 aliphatic heterocycles. The van der Waals surface area contributed by atoms with Gasteiger partial charge in [-0.25, -0.2) is 4.39 Å². The van der Waals surface area contributed by atoms with Gasteiger partial charge in [0.2, 0.25) is 0 Å². The summed E-state index contributed by atoms with van der Waals surface area (Å²) in [4.78, 5) is 1.18. The van der Waals surface area contributed by atoms with Gasteiger partial charge in [-0.15, -0.1) is 11.8 Å². The van der Waals surface area contributed by atoms with E-state index >= 15 is 0 Å². The van der Waals surface area contributed by atoms with Crippen LogP contribution in [-0.2, 0) is 0 Å². The zero-order valence-electron chi connectivity index (χ0n) is 11.8. The number of thioether (sulfide) groups is 1. The summed E-state index contributed by atoms with van der Waals surface area (Å²) in [5, 5.41) is 4.35. The van der Waals surface area contributed by atoms with E-state index in [1.165, 1.54) is 11.0 Å². The molecule has 0 amide bonds. The monoisotopic (exact) mass is 321 g/mol. The van der Waals surface area contributed by atoms with Gasteiger partial charge in [0, 0.05) is 22.0 Å². The molecule has 2 aromatic rings. The Balaban J connectivity index is 1.81. The van der Waals surface area contributed by atoms with Crippen molar-refractivity contribution in [2.45, 2.75) is 30.3 Å². The maximum atomic E-state index is 13.5. The fourth-order valence-corrected chi connectivity index (χ4v) is 4.02. The highest BCUT2D eigenvalue weighted by Gasteiger charge is 2.23. The Hall–Kier alpha value is -1.03.